The zero-order valence-corrected chi connectivity index (χ0v) is 11.6. The third kappa shape index (κ3) is 4.26. The molecule has 0 fully saturated rings. The SMILES string of the molecule is CO[Si](Cl)(C[Si](Cl)(OC)OC)OC. The second-order valence-corrected chi connectivity index (χ2v) is 11.5. The van der Waals surface area contributed by atoms with Gasteiger partial charge in [-0.1, -0.05) is 22.2 Å². The van der Waals surface area contributed by atoms with Crippen molar-refractivity contribution in [2.75, 3.05) is 28.4 Å². The van der Waals surface area contributed by atoms with Gasteiger partial charge in [-0.05, 0) is 0 Å². The molecule has 0 aromatic heterocycles. The highest BCUT2D eigenvalue weighted by Crippen LogP contribution is 2.27. The lowest BCUT2D eigenvalue weighted by molar-refractivity contribution is 0.245. The van der Waals surface area contributed by atoms with Crippen molar-refractivity contribution in [3.63, 3.8) is 0 Å². The van der Waals surface area contributed by atoms with E-state index in [2.05, 4.69) is 0 Å². The molecule has 0 radical (unpaired) electrons. The first kappa shape index (κ1) is 13.9. The molecule has 0 saturated heterocycles. The summed E-state index contributed by atoms with van der Waals surface area (Å²) in [5.74, 6) is 0. The molecule has 8 heteroatoms. The van der Waals surface area contributed by atoms with Crippen LogP contribution in [0.15, 0.2) is 0 Å². The molecule has 0 saturated carbocycles. The van der Waals surface area contributed by atoms with Crippen LogP contribution in [0, 0.1) is 0 Å². The van der Waals surface area contributed by atoms with Crippen LogP contribution in [0.5, 0.6) is 0 Å². The number of halogens is 2. The minimum absolute atomic E-state index is 0.309. The third-order valence-electron chi connectivity index (χ3n) is 1.64. The molecule has 4 nitrogen and oxygen atoms in total. The highest BCUT2D eigenvalue weighted by Gasteiger charge is 2.48. The highest BCUT2D eigenvalue weighted by atomic mass is 35.6. The maximum Gasteiger partial charge on any atom is 0.445 e. The largest absolute Gasteiger partial charge is 0.445 e. The van der Waals surface area contributed by atoms with E-state index >= 15 is 0 Å². The third-order valence-corrected chi connectivity index (χ3v) is 11.7. The summed E-state index contributed by atoms with van der Waals surface area (Å²) in [6.45, 7) is 0. The summed E-state index contributed by atoms with van der Waals surface area (Å²) in [6, 6.07) is 0. The van der Waals surface area contributed by atoms with Crippen LogP contribution in [0.1, 0.15) is 0 Å². The molecule has 0 spiro atoms. The summed E-state index contributed by atoms with van der Waals surface area (Å²) in [6.07, 6.45) is 0. The van der Waals surface area contributed by atoms with E-state index < -0.39 is 15.7 Å². The average Bonchev–Trinajstić information content (AvgIpc) is 2.17. The number of hydrogen-bond donors (Lipinski definition) is 0. The summed E-state index contributed by atoms with van der Waals surface area (Å²) >= 11 is 12.1. The van der Waals surface area contributed by atoms with Gasteiger partial charge >= 0.3 is 15.7 Å². The van der Waals surface area contributed by atoms with E-state index in [1.165, 1.54) is 28.4 Å². The molecule has 0 aliphatic rings. The molecular weight excluding hydrogens is 251 g/mol. The van der Waals surface area contributed by atoms with Gasteiger partial charge in [0.05, 0.1) is 5.67 Å². The Labute approximate surface area is 89.9 Å². The van der Waals surface area contributed by atoms with Crippen LogP contribution in [0.3, 0.4) is 0 Å². The Bertz CT molecular complexity index is 135. The summed E-state index contributed by atoms with van der Waals surface area (Å²) in [4.78, 5) is 0. The van der Waals surface area contributed by atoms with Gasteiger partial charge < -0.3 is 17.7 Å². The summed E-state index contributed by atoms with van der Waals surface area (Å²) in [7, 11) is 0.498. The van der Waals surface area contributed by atoms with Crippen molar-refractivity contribution in [1.29, 1.82) is 0 Å². The maximum atomic E-state index is 6.03. The van der Waals surface area contributed by atoms with Crippen molar-refractivity contribution in [1.82, 2.24) is 0 Å². The molecule has 0 N–H and O–H groups in total. The summed E-state index contributed by atoms with van der Waals surface area (Å²) in [5, 5.41) is 0. The van der Waals surface area contributed by atoms with Gasteiger partial charge in [0.15, 0.2) is 0 Å². The van der Waals surface area contributed by atoms with Gasteiger partial charge in [0.2, 0.25) is 0 Å². The summed E-state index contributed by atoms with van der Waals surface area (Å²) < 4.78 is 20.2. The van der Waals surface area contributed by atoms with Crippen LogP contribution in [0.4, 0.5) is 0 Å². The van der Waals surface area contributed by atoms with Crippen LogP contribution in [-0.4, -0.2) is 44.2 Å². The van der Waals surface area contributed by atoms with E-state index in [1.807, 2.05) is 0 Å². The maximum absolute atomic E-state index is 6.03. The Hall–Kier alpha value is 0.854. The quantitative estimate of drug-likeness (QED) is 0.538. The van der Waals surface area contributed by atoms with Crippen LogP contribution in [0.2, 0.25) is 5.67 Å². The minimum Gasteiger partial charge on any atom is -0.386 e. The molecule has 0 aromatic rings. The fourth-order valence-corrected chi connectivity index (χ4v) is 9.15. The molecule has 0 bridgehead atoms. The minimum atomic E-state index is -2.72. The molecule has 0 unspecified atom stereocenters. The van der Waals surface area contributed by atoms with E-state index in [0.29, 0.717) is 5.67 Å². The second-order valence-electron chi connectivity index (χ2n) is 2.31. The Morgan fingerprint density at radius 3 is 1.15 bits per heavy atom. The van der Waals surface area contributed by atoms with Gasteiger partial charge in [0.1, 0.15) is 0 Å². The van der Waals surface area contributed by atoms with Crippen LogP contribution >= 0.6 is 22.2 Å². The van der Waals surface area contributed by atoms with Crippen molar-refractivity contribution in [3.8, 4) is 0 Å². The molecule has 0 aliphatic carbocycles. The van der Waals surface area contributed by atoms with Crippen molar-refractivity contribution in [3.05, 3.63) is 0 Å². The van der Waals surface area contributed by atoms with E-state index in [1.54, 1.807) is 0 Å². The molecule has 13 heavy (non-hydrogen) atoms. The zero-order valence-electron chi connectivity index (χ0n) is 8.10. The Kier molecular flexibility index (Phi) is 6.04. The second kappa shape index (κ2) is 5.67. The smallest absolute Gasteiger partial charge is 0.386 e. The lowest BCUT2D eigenvalue weighted by Crippen LogP contribution is -2.46. The molecular formula is C5H14Cl2O4Si2. The fraction of sp³-hybridized carbons (Fsp3) is 1.00. The fourth-order valence-electron chi connectivity index (χ4n) is 0.708. The molecule has 0 rings (SSSR count). The molecule has 0 atom stereocenters. The van der Waals surface area contributed by atoms with Gasteiger partial charge in [-0.25, -0.2) is 0 Å². The van der Waals surface area contributed by atoms with Crippen molar-refractivity contribution < 1.29 is 17.7 Å². The lowest BCUT2D eigenvalue weighted by Gasteiger charge is -2.26. The number of hydrogen-bond acceptors (Lipinski definition) is 4. The van der Waals surface area contributed by atoms with Gasteiger partial charge in [0.25, 0.3) is 0 Å². The van der Waals surface area contributed by atoms with Crippen LogP contribution in [-0.2, 0) is 17.7 Å². The van der Waals surface area contributed by atoms with E-state index in [-0.39, 0.29) is 0 Å². The molecule has 0 aromatic carbocycles. The van der Waals surface area contributed by atoms with Crippen molar-refractivity contribution >= 4 is 37.9 Å². The van der Waals surface area contributed by atoms with E-state index in [4.69, 9.17) is 39.9 Å². The first-order valence-electron chi connectivity index (χ1n) is 3.53. The van der Waals surface area contributed by atoms with E-state index in [9.17, 15) is 0 Å². The van der Waals surface area contributed by atoms with Crippen molar-refractivity contribution in [2.24, 2.45) is 0 Å². The van der Waals surface area contributed by atoms with Gasteiger partial charge in [-0.2, -0.15) is 0 Å². The molecule has 0 aliphatic heterocycles. The normalized spacial score (nSPS) is 13.4. The molecule has 0 heterocycles. The van der Waals surface area contributed by atoms with E-state index in [0.717, 1.165) is 0 Å². The topological polar surface area (TPSA) is 36.9 Å². The Morgan fingerprint density at radius 2 is 1.00 bits per heavy atom. The summed E-state index contributed by atoms with van der Waals surface area (Å²) in [5.41, 5.74) is 0.309. The van der Waals surface area contributed by atoms with Gasteiger partial charge in [0, 0.05) is 28.4 Å². The predicted octanol–water partition coefficient (Wildman–Crippen LogP) is 1.47. The van der Waals surface area contributed by atoms with Gasteiger partial charge in [-0.15, -0.1) is 0 Å². The molecule has 80 valence electrons. The Morgan fingerprint density at radius 1 is 0.769 bits per heavy atom. The first-order valence-corrected chi connectivity index (χ1v) is 9.61. The van der Waals surface area contributed by atoms with Crippen LogP contribution < -0.4 is 0 Å². The first-order chi connectivity index (χ1) is 5.95. The van der Waals surface area contributed by atoms with Gasteiger partial charge in [-0.3, -0.25) is 0 Å². The van der Waals surface area contributed by atoms with Crippen LogP contribution in [0.25, 0.3) is 0 Å². The zero-order chi connectivity index (χ0) is 10.5. The lowest BCUT2D eigenvalue weighted by atomic mass is 11.8. The van der Waals surface area contributed by atoms with Crippen molar-refractivity contribution in [2.45, 2.75) is 5.67 Å². The highest BCUT2D eigenvalue weighted by molar-refractivity contribution is 7.25. The predicted molar refractivity (Wildman–Crippen MR) is 56.1 cm³/mol. The molecule has 0 amide bonds. The standard InChI is InChI=1S/C5H14Cl2O4Si2/c1-8-12(6,9-2)5-13(7,10-3)11-4/h5H2,1-4H3. The number of rotatable bonds is 6. The monoisotopic (exact) mass is 264 g/mol. The average molecular weight is 265 g/mol. The Balaban J connectivity index is 4.36.